The van der Waals surface area contributed by atoms with E-state index in [9.17, 15) is 18.0 Å². The van der Waals surface area contributed by atoms with Crippen LogP contribution in [-0.2, 0) is 37.1 Å². The normalized spacial score (nSPS) is 26.7. The fourth-order valence-electron chi connectivity index (χ4n) is 7.18. The highest BCUT2D eigenvalue weighted by atomic mass is 35.5. The first-order valence-electron chi connectivity index (χ1n) is 16.1. The maximum absolute atomic E-state index is 15.4. The Labute approximate surface area is 276 Å². The third-order valence-corrected chi connectivity index (χ3v) is 12.0. The van der Waals surface area contributed by atoms with Crippen molar-refractivity contribution in [3.63, 3.8) is 0 Å². The topological polar surface area (TPSA) is 114 Å². The number of carbonyl (C=O) groups is 2. The fourth-order valence-corrected chi connectivity index (χ4v) is 9.12. The number of ether oxygens (including phenoxy) is 2. The Morgan fingerprint density at radius 2 is 1.96 bits per heavy atom. The standard InChI is InChI=1S/C34H45ClFN3O6S/c1-34(2)16-15-24(21-45-34)31(22-9-11-25(35)12-10-22)32(38-33(41)44-3)30(40)18-23-6-4-8-29(36)28(23)14-13-27-19-37-26-7-5-17-46(42,43)39(27)20-26/h4,6,8-12,24,26-27,31-32,37H,5,7,13-21H2,1-3H3,(H,38,41)/t24?,26-,27+,31+,32-/m1/s1. The van der Waals surface area contributed by atoms with Crippen molar-refractivity contribution < 1.29 is 31.9 Å². The highest BCUT2D eigenvalue weighted by molar-refractivity contribution is 7.89. The first-order chi connectivity index (χ1) is 21.9. The number of rotatable bonds is 10. The van der Waals surface area contributed by atoms with E-state index in [0.29, 0.717) is 48.7 Å². The smallest absolute Gasteiger partial charge is 0.407 e. The highest BCUT2D eigenvalue weighted by Crippen LogP contribution is 2.39. The van der Waals surface area contributed by atoms with Gasteiger partial charge in [-0.05, 0) is 93.2 Å². The molecule has 2 unspecified atom stereocenters. The zero-order valence-electron chi connectivity index (χ0n) is 26.8. The van der Waals surface area contributed by atoms with Crippen LogP contribution in [0.15, 0.2) is 42.5 Å². The molecule has 3 aliphatic heterocycles. The Hall–Kier alpha value is -2.57. The molecule has 2 aromatic carbocycles. The molecule has 5 rings (SSSR count). The average molecular weight is 678 g/mol. The van der Waals surface area contributed by atoms with Gasteiger partial charge in [-0.15, -0.1) is 0 Å². The second-order valence-corrected chi connectivity index (χ2v) is 15.9. The molecule has 46 heavy (non-hydrogen) atoms. The minimum atomic E-state index is -3.39. The minimum absolute atomic E-state index is 0.0921. The van der Waals surface area contributed by atoms with Gasteiger partial charge in [0.25, 0.3) is 0 Å². The van der Waals surface area contributed by atoms with Crippen molar-refractivity contribution in [2.45, 2.75) is 88.4 Å². The number of hydrogen-bond acceptors (Lipinski definition) is 7. The third-order valence-electron chi connectivity index (χ3n) is 9.80. The quantitative estimate of drug-likeness (QED) is 0.364. The van der Waals surface area contributed by atoms with Crippen LogP contribution in [-0.4, -0.2) is 80.9 Å². The Kier molecular flexibility index (Phi) is 11.1. The third kappa shape index (κ3) is 8.28. The van der Waals surface area contributed by atoms with Gasteiger partial charge in [0.2, 0.25) is 10.0 Å². The van der Waals surface area contributed by atoms with Crippen molar-refractivity contribution >= 4 is 33.5 Å². The molecule has 12 heteroatoms. The van der Waals surface area contributed by atoms with E-state index in [2.05, 4.69) is 10.6 Å². The summed E-state index contributed by atoms with van der Waals surface area (Å²) >= 11 is 6.21. The molecule has 6 atom stereocenters. The average Bonchev–Trinajstić information content (AvgIpc) is 3.13. The van der Waals surface area contributed by atoms with Crippen molar-refractivity contribution in [1.29, 1.82) is 0 Å². The van der Waals surface area contributed by atoms with E-state index >= 15 is 4.39 Å². The highest BCUT2D eigenvalue weighted by Gasteiger charge is 2.41. The Morgan fingerprint density at radius 1 is 1.20 bits per heavy atom. The molecule has 252 valence electrons. The first-order valence-corrected chi connectivity index (χ1v) is 18.1. The van der Waals surface area contributed by atoms with Gasteiger partial charge in [0, 0.05) is 42.5 Å². The molecule has 1 amide bonds. The van der Waals surface area contributed by atoms with Crippen LogP contribution < -0.4 is 10.6 Å². The van der Waals surface area contributed by atoms with Crippen LogP contribution in [0, 0.1) is 11.7 Å². The lowest BCUT2D eigenvalue weighted by Gasteiger charge is -2.41. The summed E-state index contributed by atoms with van der Waals surface area (Å²) in [4.78, 5) is 27.0. The van der Waals surface area contributed by atoms with Gasteiger partial charge in [-0.3, -0.25) is 4.79 Å². The maximum Gasteiger partial charge on any atom is 0.407 e. The number of carbonyl (C=O) groups excluding carboxylic acids is 2. The van der Waals surface area contributed by atoms with Crippen LogP contribution in [0.4, 0.5) is 9.18 Å². The molecule has 2 aromatic rings. The molecule has 3 fully saturated rings. The number of nitrogens with zero attached hydrogens (tertiary/aromatic N) is 1. The van der Waals surface area contributed by atoms with Crippen LogP contribution in [0.2, 0.25) is 5.02 Å². The van der Waals surface area contributed by atoms with Gasteiger partial charge in [-0.1, -0.05) is 35.9 Å². The summed E-state index contributed by atoms with van der Waals surface area (Å²) in [7, 11) is -2.14. The predicted molar refractivity (Wildman–Crippen MR) is 175 cm³/mol. The number of piperazine rings is 1. The van der Waals surface area contributed by atoms with Crippen molar-refractivity contribution in [3.8, 4) is 0 Å². The van der Waals surface area contributed by atoms with E-state index < -0.39 is 33.9 Å². The number of fused-ring (bicyclic) bond motifs is 2. The molecule has 0 spiro atoms. The number of nitrogens with one attached hydrogen (secondary N) is 2. The Morgan fingerprint density at radius 3 is 2.65 bits per heavy atom. The maximum atomic E-state index is 15.4. The zero-order chi connectivity index (χ0) is 33.1. The van der Waals surface area contributed by atoms with Crippen LogP contribution in [0.3, 0.4) is 0 Å². The van der Waals surface area contributed by atoms with Crippen molar-refractivity contribution in [1.82, 2.24) is 14.9 Å². The number of ketones is 1. The zero-order valence-corrected chi connectivity index (χ0v) is 28.3. The molecule has 9 nitrogen and oxygen atoms in total. The first kappa shape index (κ1) is 34.8. The molecule has 3 saturated heterocycles. The summed E-state index contributed by atoms with van der Waals surface area (Å²) < 4.78 is 54.1. The van der Waals surface area contributed by atoms with Crippen LogP contribution >= 0.6 is 11.6 Å². The van der Waals surface area contributed by atoms with Crippen LogP contribution in [0.1, 0.15) is 68.6 Å². The minimum Gasteiger partial charge on any atom is -0.453 e. The van der Waals surface area contributed by atoms with Gasteiger partial charge in [0.1, 0.15) is 5.82 Å². The van der Waals surface area contributed by atoms with Gasteiger partial charge in [0.15, 0.2) is 5.78 Å². The Balaban J connectivity index is 1.41. The molecule has 0 radical (unpaired) electrons. The number of hydrogen-bond donors (Lipinski definition) is 2. The summed E-state index contributed by atoms with van der Waals surface area (Å²) in [6.45, 7) is 5.38. The van der Waals surface area contributed by atoms with Crippen molar-refractivity contribution in [2.75, 3.05) is 32.6 Å². The van der Waals surface area contributed by atoms with Crippen LogP contribution in [0.25, 0.3) is 0 Å². The monoisotopic (exact) mass is 677 g/mol. The van der Waals surface area contributed by atoms with Gasteiger partial charge < -0.3 is 20.1 Å². The number of sulfonamides is 1. The number of methoxy groups -OCH3 is 1. The second-order valence-electron chi connectivity index (χ2n) is 13.4. The lowest BCUT2D eigenvalue weighted by Crippen LogP contribution is -2.57. The van der Waals surface area contributed by atoms with E-state index in [0.717, 1.165) is 24.8 Å². The molecule has 2 bridgehead atoms. The number of Topliss-reactive ketones (excluding diaryl/α,β-unsaturated/α-hetero) is 1. The SMILES string of the molecule is COC(=O)N[C@H](C(=O)Cc1cccc(F)c1CC[C@H]1CN[C@@H]2CCCS(=O)(=O)N1C2)[C@@H](c1ccc(Cl)cc1)C1CCC(C)(C)OC1. The van der Waals surface area contributed by atoms with Gasteiger partial charge in [-0.2, -0.15) is 4.31 Å². The van der Waals surface area contributed by atoms with Gasteiger partial charge in [-0.25, -0.2) is 17.6 Å². The van der Waals surface area contributed by atoms with E-state index in [1.165, 1.54) is 13.2 Å². The number of amides is 1. The summed E-state index contributed by atoms with van der Waals surface area (Å²) in [5, 5.41) is 6.81. The molecule has 0 aliphatic carbocycles. The van der Waals surface area contributed by atoms with E-state index in [1.807, 2.05) is 26.0 Å². The largest absolute Gasteiger partial charge is 0.453 e. The van der Waals surface area contributed by atoms with Gasteiger partial charge in [0.05, 0.1) is 31.1 Å². The van der Waals surface area contributed by atoms with E-state index in [1.54, 1.807) is 28.6 Å². The fraction of sp³-hybridized carbons (Fsp3) is 0.588. The summed E-state index contributed by atoms with van der Waals surface area (Å²) in [6, 6.07) is 10.7. The molecular formula is C34H45ClFN3O6S. The lowest BCUT2D eigenvalue weighted by atomic mass is 9.74. The molecule has 0 aromatic heterocycles. The molecule has 3 heterocycles. The number of alkyl carbamates (subject to hydrolysis) is 1. The number of halogens is 2. The van der Waals surface area contributed by atoms with Crippen LogP contribution in [0.5, 0.6) is 0 Å². The van der Waals surface area contributed by atoms with Crippen molar-refractivity contribution in [2.24, 2.45) is 5.92 Å². The summed E-state index contributed by atoms with van der Waals surface area (Å²) in [6.07, 6.45) is 2.78. The molecule has 3 aliphatic rings. The van der Waals surface area contributed by atoms with E-state index in [4.69, 9.17) is 21.1 Å². The van der Waals surface area contributed by atoms with Gasteiger partial charge >= 0.3 is 6.09 Å². The number of benzene rings is 2. The second kappa shape index (κ2) is 14.7. The summed E-state index contributed by atoms with van der Waals surface area (Å²) in [5.74, 6) is -1.16. The van der Waals surface area contributed by atoms with E-state index in [-0.39, 0.29) is 48.0 Å². The summed E-state index contributed by atoms with van der Waals surface area (Å²) in [5.41, 5.74) is 1.42. The lowest BCUT2D eigenvalue weighted by molar-refractivity contribution is -0.123. The molecular weight excluding hydrogens is 633 g/mol. The molecule has 2 N–H and O–H groups in total. The Bertz CT molecular complexity index is 1490. The van der Waals surface area contributed by atoms with Crippen molar-refractivity contribution in [3.05, 3.63) is 70.0 Å². The molecule has 0 saturated carbocycles. The predicted octanol–water partition coefficient (Wildman–Crippen LogP) is 5.00.